The molecule has 1 aliphatic rings. The second kappa shape index (κ2) is 6.78. The monoisotopic (exact) mass is 353 g/mol. The van der Waals surface area contributed by atoms with E-state index in [1.54, 1.807) is 17.2 Å². The first-order chi connectivity index (χ1) is 12.2. The Bertz CT molecular complexity index is 914. The summed E-state index contributed by atoms with van der Waals surface area (Å²) in [7, 11) is 0. The molecule has 0 spiro atoms. The number of carbonyl (C=O) groups is 1. The Kier molecular flexibility index (Phi) is 4.34. The number of aromatic nitrogens is 2. The number of benzene rings is 1. The summed E-state index contributed by atoms with van der Waals surface area (Å²) in [5, 5.41) is 1.60. The van der Waals surface area contributed by atoms with Gasteiger partial charge in [-0.25, -0.2) is 9.97 Å². The highest BCUT2D eigenvalue weighted by Crippen LogP contribution is 2.24. The van der Waals surface area contributed by atoms with Crippen molar-refractivity contribution in [3.63, 3.8) is 0 Å². The molecule has 3 heterocycles. The third-order valence-electron chi connectivity index (χ3n) is 4.28. The smallest absolute Gasteiger partial charge is 0.272 e. The minimum Gasteiger partial charge on any atom is -0.370 e. The summed E-state index contributed by atoms with van der Waals surface area (Å²) in [5.41, 5.74) is 1.99. The van der Waals surface area contributed by atoms with Gasteiger partial charge in [-0.3, -0.25) is 4.79 Å². The van der Waals surface area contributed by atoms with Gasteiger partial charge in [0.1, 0.15) is 11.8 Å². The zero-order valence-corrected chi connectivity index (χ0v) is 14.2. The van der Waals surface area contributed by atoms with Crippen molar-refractivity contribution >= 4 is 28.5 Å². The van der Waals surface area contributed by atoms with E-state index in [9.17, 15) is 4.79 Å². The van der Waals surface area contributed by atoms with Crippen molar-refractivity contribution in [2.45, 2.75) is 6.10 Å². The molecule has 1 aromatic carbocycles. The molecule has 4 rings (SSSR count). The summed E-state index contributed by atoms with van der Waals surface area (Å²) in [6.45, 7) is 1.53. The number of fused-ring (bicyclic) bond motifs is 1. The molecule has 6 heteroatoms. The summed E-state index contributed by atoms with van der Waals surface area (Å²) in [6.07, 6.45) is 1.52. The molecule has 5 nitrogen and oxygen atoms in total. The van der Waals surface area contributed by atoms with Gasteiger partial charge in [0.2, 0.25) is 0 Å². The van der Waals surface area contributed by atoms with Crippen molar-refractivity contribution < 1.29 is 9.53 Å². The average molecular weight is 354 g/mol. The number of ether oxygens (including phenoxy) is 1. The molecule has 1 atom stereocenters. The Morgan fingerprint density at radius 3 is 2.84 bits per heavy atom. The van der Waals surface area contributed by atoms with Gasteiger partial charge in [-0.05, 0) is 42.0 Å². The lowest BCUT2D eigenvalue weighted by atomic mass is 10.1. The van der Waals surface area contributed by atoms with E-state index in [0.717, 1.165) is 10.9 Å². The number of amides is 1. The maximum Gasteiger partial charge on any atom is 0.272 e. The van der Waals surface area contributed by atoms with Gasteiger partial charge in [0.05, 0.1) is 13.2 Å². The molecule has 126 valence electrons. The Balaban J connectivity index is 1.55. The molecule has 2 aromatic heterocycles. The number of halogens is 1. The summed E-state index contributed by atoms with van der Waals surface area (Å²) in [5.74, 6) is -0.102. The maximum atomic E-state index is 12.8. The maximum absolute atomic E-state index is 12.8. The first-order valence-corrected chi connectivity index (χ1v) is 8.46. The molecule has 0 bridgehead atoms. The van der Waals surface area contributed by atoms with Crippen molar-refractivity contribution in [2.75, 3.05) is 19.7 Å². The number of hydrogen-bond donors (Lipinski definition) is 0. The van der Waals surface area contributed by atoms with Crippen LogP contribution in [0.3, 0.4) is 0 Å². The fraction of sp³-hybridized carbons (Fsp3) is 0.211. The summed E-state index contributed by atoms with van der Waals surface area (Å²) in [4.78, 5) is 23.2. The van der Waals surface area contributed by atoms with E-state index in [-0.39, 0.29) is 12.0 Å². The zero-order chi connectivity index (χ0) is 17.2. The standard InChI is InChI=1S/C19H16ClN3O2/c20-15-6-3-13(4-7-15)17-12-23(10-11-25-17)19(24)16-8-5-14-2-1-9-21-18(14)22-16/h1-9,17H,10-12H2/t17-/m1/s1. The number of carbonyl (C=O) groups excluding carboxylic acids is 1. The highest BCUT2D eigenvalue weighted by molar-refractivity contribution is 6.30. The van der Waals surface area contributed by atoms with Gasteiger partial charge < -0.3 is 9.64 Å². The van der Waals surface area contributed by atoms with Gasteiger partial charge in [0, 0.05) is 23.2 Å². The van der Waals surface area contributed by atoms with Crippen molar-refractivity contribution in [1.29, 1.82) is 0 Å². The van der Waals surface area contributed by atoms with Crippen LogP contribution >= 0.6 is 11.6 Å². The molecular formula is C19H16ClN3O2. The van der Waals surface area contributed by atoms with Crippen molar-refractivity contribution in [2.24, 2.45) is 0 Å². The quantitative estimate of drug-likeness (QED) is 0.707. The van der Waals surface area contributed by atoms with Gasteiger partial charge in [0.15, 0.2) is 5.65 Å². The topological polar surface area (TPSA) is 55.3 Å². The fourth-order valence-electron chi connectivity index (χ4n) is 2.95. The molecule has 0 aliphatic carbocycles. The molecule has 0 saturated carbocycles. The van der Waals surface area contributed by atoms with Crippen LogP contribution in [-0.2, 0) is 4.74 Å². The van der Waals surface area contributed by atoms with E-state index in [1.165, 1.54) is 0 Å². The van der Waals surface area contributed by atoms with Crippen LogP contribution in [-0.4, -0.2) is 40.5 Å². The van der Waals surface area contributed by atoms with Crippen LogP contribution in [0, 0.1) is 0 Å². The number of rotatable bonds is 2. The molecule has 3 aromatic rings. The highest BCUT2D eigenvalue weighted by atomic mass is 35.5. The minimum atomic E-state index is -0.159. The molecule has 1 aliphatic heterocycles. The molecule has 1 amide bonds. The lowest BCUT2D eigenvalue weighted by Gasteiger charge is -2.33. The van der Waals surface area contributed by atoms with E-state index in [4.69, 9.17) is 16.3 Å². The van der Waals surface area contributed by atoms with E-state index in [1.807, 2.05) is 42.5 Å². The fourth-order valence-corrected chi connectivity index (χ4v) is 3.07. The third kappa shape index (κ3) is 3.34. The lowest BCUT2D eigenvalue weighted by molar-refractivity contribution is -0.0230. The average Bonchev–Trinajstić information content (AvgIpc) is 2.68. The summed E-state index contributed by atoms with van der Waals surface area (Å²) in [6, 6.07) is 14.9. The Morgan fingerprint density at radius 1 is 1.16 bits per heavy atom. The molecule has 1 fully saturated rings. The van der Waals surface area contributed by atoms with Crippen LogP contribution in [0.25, 0.3) is 11.0 Å². The number of pyridine rings is 2. The van der Waals surface area contributed by atoms with Crippen molar-refractivity contribution in [3.05, 3.63) is 71.0 Å². The first-order valence-electron chi connectivity index (χ1n) is 8.09. The molecular weight excluding hydrogens is 338 g/mol. The number of morpholine rings is 1. The Labute approximate surface area is 150 Å². The molecule has 25 heavy (non-hydrogen) atoms. The van der Waals surface area contributed by atoms with Crippen LogP contribution < -0.4 is 0 Å². The first kappa shape index (κ1) is 16.0. The van der Waals surface area contributed by atoms with Crippen molar-refractivity contribution in [1.82, 2.24) is 14.9 Å². The molecule has 0 unspecified atom stereocenters. The Hall–Kier alpha value is -2.50. The van der Waals surface area contributed by atoms with Gasteiger partial charge in [-0.2, -0.15) is 0 Å². The number of nitrogens with zero attached hydrogens (tertiary/aromatic N) is 3. The number of hydrogen-bond acceptors (Lipinski definition) is 4. The summed E-state index contributed by atoms with van der Waals surface area (Å²) < 4.78 is 5.82. The normalized spacial score (nSPS) is 17.6. The molecule has 1 saturated heterocycles. The van der Waals surface area contributed by atoms with Gasteiger partial charge >= 0.3 is 0 Å². The summed E-state index contributed by atoms with van der Waals surface area (Å²) >= 11 is 5.94. The van der Waals surface area contributed by atoms with E-state index in [2.05, 4.69) is 9.97 Å². The second-order valence-electron chi connectivity index (χ2n) is 5.91. The van der Waals surface area contributed by atoms with Gasteiger partial charge in [-0.15, -0.1) is 0 Å². The third-order valence-corrected chi connectivity index (χ3v) is 4.53. The Morgan fingerprint density at radius 2 is 2.00 bits per heavy atom. The van der Waals surface area contributed by atoms with Gasteiger partial charge in [-0.1, -0.05) is 23.7 Å². The largest absolute Gasteiger partial charge is 0.370 e. The SMILES string of the molecule is O=C(c1ccc2cccnc2n1)N1CCO[C@@H](c2ccc(Cl)cc2)C1. The molecule has 0 radical (unpaired) electrons. The minimum absolute atomic E-state index is 0.102. The van der Waals surface area contributed by atoms with Crippen LogP contribution in [0.4, 0.5) is 0 Å². The van der Waals surface area contributed by atoms with E-state index in [0.29, 0.717) is 36.1 Å². The highest BCUT2D eigenvalue weighted by Gasteiger charge is 2.27. The predicted molar refractivity (Wildman–Crippen MR) is 95.6 cm³/mol. The lowest BCUT2D eigenvalue weighted by Crippen LogP contribution is -2.42. The van der Waals surface area contributed by atoms with Crippen LogP contribution in [0.1, 0.15) is 22.2 Å². The van der Waals surface area contributed by atoms with Crippen molar-refractivity contribution in [3.8, 4) is 0 Å². The van der Waals surface area contributed by atoms with Crippen LogP contribution in [0.5, 0.6) is 0 Å². The van der Waals surface area contributed by atoms with Gasteiger partial charge in [0.25, 0.3) is 5.91 Å². The predicted octanol–water partition coefficient (Wildman–Crippen LogP) is 3.50. The van der Waals surface area contributed by atoms with E-state index < -0.39 is 0 Å². The van der Waals surface area contributed by atoms with E-state index >= 15 is 0 Å². The second-order valence-corrected chi connectivity index (χ2v) is 6.35. The molecule has 0 N–H and O–H groups in total. The zero-order valence-electron chi connectivity index (χ0n) is 13.4. The van der Waals surface area contributed by atoms with Crippen LogP contribution in [0.2, 0.25) is 5.02 Å². The van der Waals surface area contributed by atoms with Crippen LogP contribution in [0.15, 0.2) is 54.7 Å².